The number of alkyl halides is 1. The summed E-state index contributed by atoms with van der Waals surface area (Å²) >= 11 is 0. The van der Waals surface area contributed by atoms with Crippen LogP contribution in [0.4, 0.5) is 4.39 Å². The van der Waals surface area contributed by atoms with Crippen molar-refractivity contribution in [2.75, 3.05) is 19.8 Å². The number of nitrogens with two attached hydrogens (primary N) is 1. The molecule has 0 saturated carbocycles. The van der Waals surface area contributed by atoms with Crippen molar-refractivity contribution in [3.05, 3.63) is 35.4 Å². The molecule has 1 heterocycles. The zero-order chi connectivity index (χ0) is 11.4. The van der Waals surface area contributed by atoms with Gasteiger partial charge >= 0.3 is 0 Å². The summed E-state index contributed by atoms with van der Waals surface area (Å²) in [6, 6.07) is 7.69. The van der Waals surface area contributed by atoms with E-state index < -0.39 is 5.67 Å². The topological polar surface area (TPSA) is 35.2 Å². The minimum atomic E-state index is -1.22. The van der Waals surface area contributed by atoms with E-state index in [1.807, 2.05) is 24.3 Å². The van der Waals surface area contributed by atoms with Crippen LogP contribution in [0.1, 0.15) is 24.0 Å². The van der Waals surface area contributed by atoms with Gasteiger partial charge in [-0.3, -0.25) is 0 Å². The summed E-state index contributed by atoms with van der Waals surface area (Å²) in [6.45, 7) is 1.57. The third kappa shape index (κ3) is 2.25. The molecule has 0 aliphatic carbocycles. The van der Waals surface area contributed by atoms with E-state index in [9.17, 15) is 4.39 Å². The smallest absolute Gasteiger partial charge is 0.140 e. The molecule has 1 saturated heterocycles. The Kier molecular flexibility index (Phi) is 3.56. The van der Waals surface area contributed by atoms with Crippen LogP contribution in [0.25, 0.3) is 0 Å². The fourth-order valence-electron chi connectivity index (χ4n) is 2.30. The lowest BCUT2D eigenvalue weighted by atomic mass is 9.84. The SMILES string of the molecule is NCCc1ccccc1C1(F)CCOCC1. The van der Waals surface area contributed by atoms with Gasteiger partial charge in [-0.1, -0.05) is 24.3 Å². The van der Waals surface area contributed by atoms with Crippen LogP contribution < -0.4 is 5.73 Å². The zero-order valence-electron chi connectivity index (χ0n) is 9.42. The molecule has 2 N–H and O–H groups in total. The average Bonchev–Trinajstić information content (AvgIpc) is 2.31. The highest BCUT2D eigenvalue weighted by Gasteiger charge is 2.35. The fraction of sp³-hybridized carbons (Fsp3) is 0.538. The molecule has 1 fully saturated rings. The van der Waals surface area contributed by atoms with Crippen molar-refractivity contribution in [1.82, 2.24) is 0 Å². The second kappa shape index (κ2) is 4.93. The maximum atomic E-state index is 14.8. The summed E-state index contributed by atoms with van der Waals surface area (Å²) in [5.41, 5.74) is 6.18. The first-order chi connectivity index (χ1) is 7.76. The molecule has 2 nitrogen and oxygen atoms in total. The van der Waals surface area contributed by atoms with Crippen LogP contribution in [-0.2, 0) is 16.8 Å². The Morgan fingerprint density at radius 1 is 1.25 bits per heavy atom. The normalized spacial score (nSPS) is 19.6. The molecule has 0 atom stereocenters. The third-order valence-corrected chi connectivity index (χ3v) is 3.20. The van der Waals surface area contributed by atoms with E-state index in [0.717, 1.165) is 17.5 Å². The van der Waals surface area contributed by atoms with Gasteiger partial charge in [0.1, 0.15) is 5.67 Å². The van der Waals surface area contributed by atoms with Gasteiger partial charge in [0.2, 0.25) is 0 Å². The molecule has 0 spiro atoms. The Hall–Kier alpha value is -0.930. The summed E-state index contributed by atoms with van der Waals surface area (Å²) in [7, 11) is 0. The van der Waals surface area contributed by atoms with Crippen LogP contribution in [0.3, 0.4) is 0 Å². The standard InChI is InChI=1S/C13H18FNO/c14-13(6-9-16-10-7-13)12-4-2-1-3-11(12)5-8-15/h1-4H,5-10,15H2. The molecule has 0 amide bonds. The lowest BCUT2D eigenvalue weighted by molar-refractivity contribution is -0.0119. The highest BCUT2D eigenvalue weighted by atomic mass is 19.1. The molecule has 1 aromatic rings. The van der Waals surface area contributed by atoms with Crippen LogP contribution in [0.15, 0.2) is 24.3 Å². The first-order valence-corrected chi connectivity index (χ1v) is 5.81. The summed E-state index contributed by atoms with van der Waals surface area (Å²) in [4.78, 5) is 0. The zero-order valence-corrected chi connectivity index (χ0v) is 9.42. The Morgan fingerprint density at radius 3 is 2.62 bits per heavy atom. The third-order valence-electron chi connectivity index (χ3n) is 3.20. The van der Waals surface area contributed by atoms with Crippen molar-refractivity contribution >= 4 is 0 Å². The average molecular weight is 223 g/mol. The quantitative estimate of drug-likeness (QED) is 0.852. The van der Waals surface area contributed by atoms with Crippen molar-refractivity contribution in [2.24, 2.45) is 5.73 Å². The number of halogens is 1. The minimum Gasteiger partial charge on any atom is -0.381 e. The number of rotatable bonds is 3. The fourth-order valence-corrected chi connectivity index (χ4v) is 2.30. The number of hydrogen-bond acceptors (Lipinski definition) is 2. The molecule has 1 aliphatic rings. The monoisotopic (exact) mass is 223 g/mol. The van der Waals surface area contributed by atoms with Gasteiger partial charge in [-0.2, -0.15) is 0 Å². The van der Waals surface area contributed by atoms with E-state index in [-0.39, 0.29) is 0 Å². The lowest BCUT2D eigenvalue weighted by Crippen LogP contribution is -2.30. The Labute approximate surface area is 95.6 Å². The molecular weight excluding hydrogens is 205 g/mol. The predicted molar refractivity (Wildman–Crippen MR) is 62.0 cm³/mol. The second-order valence-corrected chi connectivity index (χ2v) is 4.27. The summed E-state index contributed by atoms with van der Waals surface area (Å²) in [6.07, 6.45) is 1.64. The second-order valence-electron chi connectivity index (χ2n) is 4.27. The van der Waals surface area contributed by atoms with E-state index >= 15 is 0 Å². The van der Waals surface area contributed by atoms with Crippen LogP contribution >= 0.6 is 0 Å². The molecule has 3 heteroatoms. The van der Waals surface area contributed by atoms with Crippen LogP contribution in [0, 0.1) is 0 Å². The highest BCUT2D eigenvalue weighted by Crippen LogP contribution is 2.38. The summed E-state index contributed by atoms with van der Waals surface area (Å²) < 4.78 is 20.0. The van der Waals surface area contributed by atoms with Gasteiger partial charge in [-0.05, 0) is 24.1 Å². The number of hydrogen-bond donors (Lipinski definition) is 1. The highest BCUT2D eigenvalue weighted by molar-refractivity contribution is 5.33. The molecular formula is C13H18FNO. The summed E-state index contributed by atoms with van der Waals surface area (Å²) in [5.74, 6) is 0. The van der Waals surface area contributed by atoms with Gasteiger partial charge in [0.15, 0.2) is 0 Å². The number of ether oxygens (including phenoxy) is 1. The van der Waals surface area contributed by atoms with E-state index in [2.05, 4.69) is 0 Å². The first kappa shape index (κ1) is 11.6. The molecule has 0 aromatic heterocycles. The Balaban J connectivity index is 2.30. The van der Waals surface area contributed by atoms with Crippen molar-refractivity contribution < 1.29 is 9.13 Å². The molecule has 2 rings (SSSR count). The molecule has 1 aromatic carbocycles. The Morgan fingerprint density at radius 2 is 1.94 bits per heavy atom. The van der Waals surface area contributed by atoms with Gasteiger partial charge in [0.05, 0.1) is 0 Å². The van der Waals surface area contributed by atoms with Crippen LogP contribution in [0.5, 0.6) is 0 Å². The molecule has 88 valence electrons. The first-order valence-electron chi connectivity index (χ1n) is 5.81. The molecule has 0 bridgehead atoms. The van der Waals surface area contributed by atoms with Gasteiger partial charge < -0.3 is 10.5 Å². The van der Waals surface area contributed by atoms with Gasteiger partial charge in [0, 0.05) is 26.1 Å². The van der Waals surface area contributed by atoms with E-state index in [4.69, 9.17) is 10.5 Å². The van der Waals surface area contributed by atoms with Crippen LogP contribution in [0.2, 0.25) is 0 Å². The number of benzene rings is 1. The van der Waals surface area contributed by atoms with Gasteiger partial charge in [-0.15, -0.1) is 0 Å². The molecule has 16 heavy (non-hydrogen) atoms. The summed E-state index contributed by atoms with van der Waals surface area (Å²) in [5, 5.41) is 0. The van der Waals surface area contributed by atoms with Crippen molar-refractivity contribution in [1.29, 1.82) is 0 Å². The largest absolute Gasteiger partial charge is 0.381 e. The minimum absolute atomic E-state index is 0.453. The van der Waals surface area contributed by atoms with Gasteiger partial charge in [-0.25, -0.2) is 4.39 Å². The lowest BCUT2D eigenvalue weighted by Gasteiger charge is -2.31. The molecule has 0 unspecified atom stereocenters. The van der Waals surface area contributed by atoms with Gasteiger partial charge in [0.25, 0.3) is 0 Å². The maximum Gasteiger partial charge on any atom is 0.140 e. The van der Waals surface area contributed by atoms with E-state index in [1.165, 1.54) is 0 Å². The molecule has 0 radical (unpaired) electrons. The predicted octanol–water partition coefficient (Wildman–Crippen LogP) is 2.16. The van der Waals surface area contributed by atoms with Crippen molar-refractivity contribution in [2.45, 2.75) is 24.9 Å². The van der Waals surface area contributed by atoms with Crippen LogP contribution in [-0.4, -0.2) is 19.8 Å². The molecule has 1 aliphatic heterocycles. The Bertz CT molecular complexity index is 348. The van der Waals surface area contributed by atoms with E-state index in [1.54, 1.807) is 0 Å². The van der Waals surface area contributed by atoms with E-state index in [0.29, 0.717) is 32.6 Å². The van der Waals surface area contributed by atoms with Crippen molar-refractivity contribution in [3.63, 3.8) is 0 Å². The maximum absolute atomic E-state index is 14.8. The van der Waals surface area contributed by atoms with Crippen molar-refractivity contribution in [3.8, 4) is 0 Å².